The van der Waals surface area contributed by atoms with Crippen molar-refractivity contribution in [2.75, 3.05) is 31.7 Å². The third kappa shape index (κ3) is 11.7. The number of hydrogen-bond donors (Lipinski definition) is 2. The van der Waals surface area contributed by atoms with Gasteiger partial charge in [-0.05, 0) is 57.9 Å². The highest BCUT2D eigenvalue weighted by Gasteiger charge is 2.39. The van der Waals surface area contributed by atoms with E-state index in [0.29, 0.717) is 26.4 Å². The van der Waals surface area contributed by atoms with E-state index in [1.54, 1.807) is 23.5 Å². The lowest BCUT2D eigenvalue weighted by Gasteiger charge is -2.28. The Hall–Kier alpha value is -2.27. The maximum absolute atomic E-state index is 12.8. The average molecular weight is 598 g/mol. The highest BCUT2D eigenvalue weighted by atomic mass is 32.2. The molecule has 3 aromatic carbocycles. The smallest absolute Gasteiger partial charge is 0.374 e. The molecule has 0 bridgehead atoms. The SMILES string of the molecule is CCO[Si](CCCCNC(=O)Nc1cc(CSc2ccccc2)[c-]c(CSc2ccccc2)c1)(OCC)OCC. The van der Waals surface area contributed by atoms with Crippen molar-refractivity contribution in [1.82, 2.24) is 5.32 Å². The molecule has 0 spiro atoms. The van der Waals surface area contributed by atoms with Crippen LogP contribution >= 0.6 is 23.5 Å². The Morgan fingerprint density at radius 2 is 1.27 bits per heavy atom. The van der Waals surface area contributed by atoms with Crippen molar-refractivity contribution in [3.63, 3.8) is 0 Å². The van der Waals surface area contributed by atoms with Crippen molar-refractivity contribution in [2.45, 2.75) is 61.0 Å². The van der Waals surface area contributed by atoms with Gasteiger partial charge in [0, 0.05) is 53.7 Å². The molecule has 216 valence electrons. The van der Waals surface area contributed by atoms with Crippen LogP contribution < -0.4 is 10.6 Å². The Balaban J connectivity index is 1.56. The van der Waals surface area contributed by atoms with Crippen molar-refractivity contribution in [3.8, 4) is 0 Å². The highest BCUT2D eigenvalue weighted by molar-refractivity contribution is 7.98. The zero-order valence-electron chi connectivity index (χ0n) is 23.7. The minimum atomic E-state index is -2.65. The summed E-state index contributed by atoms with van der Waals surface area (Å²) in [6.07, 6.45) is 1.67. The monoisotopic (exact) mass is 597 g/mol. The molecule has 0 aromatic heterocycles. The molecule has 0 saturated heterocycles. The first kappa shape index (κ1) is 32.2. The molecule has 40 heavy (non-hydrogen) atoms. The Kier molecular flexibility index (Phi) is 14.7. The van der Waals surface area contributed by atoms with Gasteiger partial charge in [0.1, 0.15) is 0 Å². The van der Waals surface area contributed by atoms with E-state index < -0.39 is 8.80 Å². The predicted molar refractivity (Wildman–Crippen MR) is 169 cm³/mol. The van der Waals surface area contributed by atoms with Gasteiger partial charge in [0.15, 0.2) is 0 Å². The Morgan fingerprint density at radius 1 is 0.775 bits per heavy atom. The van der Waals surface area contributed by atoms with Gasteiger partial charge in [-0.1, -0.05) is 42.1 Å². The molecule has 0 aliphatic rings. The van der Waals surface area contributed by atoms with Crippen LogP contribution in [0.5, 0.6) is 0 Å². The van der Waals surface area contributed by atoms with E-state index >= 15 is 0 Å². The van der Waals surface area contributed by atoms with Gasteiger partial charge < -0.3 is 23.9 Å². The average Bonchev–Trinajstić information content (AvgIpc) is 2.96. The normalized spacial score (nSPS) is 11.4. The number of carbonyl (C=O) groups excluding carboxylic acids is 1. The maximum atomic E-state index is 12.8. The molecule has 9 heteroatoms. The lowest BCUT2D eigenvalue weighted by molar-refractivity contribution is 0.0707. The lowest BCUT2D eigenvalue weighted by atomic mass is 10.1. The second-order valence-corrected chi connectivity index (χ2v) is 13.8. The van der Waals surface area contributed by atoms with Gasteiger partial charge >= 0.3 is 14.8 Å². The Morgan fingerprint density at radius 3 is 1.75 bits per heavy atom. The van der Waals surface area contributed by atoms with Gasteiger partial charge in [-0.15, -0.1) is 46.8 Å². The first-order valence-electron chi connectivity index (χ1n) is 13.9. The first-order valence-corrected chi connectivity index (χ1v) is 17.8. The van der Waals surface area contributed by atoms with Crippen molar-refractivity contribution in [1.29, 1.82) is 0 Å². The van der Waals surface area contributed by atoms with Crippen LogP contribution in [0.25, 0.3) is 0 Å². The van der Waals surface area contributed by atoms with E-state index in [1.165, 1.54) is 9.79 Å². The van der Waals surface area contributed by atoms with Crippen LogP contribution in [0.1, 0.15) is 44.7 Å². The molecule has 0 aliphatic carbocycles. The summed E-state index contributed by atoms with van der Waals surface area (Å²) in [6, 6.07) is 28.8. The zero-order valence-corrected chi connectivity index (χ0v) is 26.4. The maximum Gasteiger partial charge on any atom is 0.500 e. The largest absolute Gasteiger partial charge is 0.500 e. The van der Waals surface area contributed by atoms with Crippen molar-refractivity contribution < 1.29 is 18.1 Å². The van der Waals surface area contributed by atoms with E-state index in [0.717, 1.165) is 47.2 Å². The minimum Gasteiger partial charge on any atom is -0.374 e. The number of rotatable bonds is 18. The van der Waals surface area contributed by atoms with E-state index in [-0.39, 0.29) is 6.03 Å². The van der Waals surface area contributed by atoms with Crippen LogP contribution in [-0.2, 0) is 24.8 Å². The van der Waals surface area contributed by atoms with Crippen molar-refractivity contribution in [2.24, 2.45) is 0 Å². The molecule has 0 fully saturated rings. The van der Waals surface area contributed by atoms with Crippen LogP contribution in [0.4, 0.5) is 10.5 Å². The lowest BCUT2D eigenvalue weighted by Crippen LogP contribution is -2.46. The fourth-order valence-corrected chi connectivity index (χ4v) is 8.46. The second kappa shape index (κ2) is 18.2. The summed E-state index contributed by atoms with van der Waals surface area (Å²) < 4.78 is 17.8. The number of unbranched alkanes of at least 4 members (excludes halogenated alkanes) is 1. The molecule has 3 rings (SSSR count). The van der Waals surface area contributed by atoms with Gasteiger partial charge in [0.2, 0.25) is 0 Å². The molecule has 0 aliphatic heterocycles. The third-order valence-corrected chi connectivity index (χ3v) is 11.1. The number of anilines is 1. The number of hydrogen-bond acceptors (Lipinski definition) is 6. The van der Waals surface area contributed by atoms with Crippen LogP contribution in [0, 0.1) is 6.07 Å². The predicted octanol–water partition coefficient (Wildman–Crippen LogP) is 8.02. The van der Waals surface area contributed by atoms with Crippen LogP contribution in [0.15, 0.2) is 82.6 Å². The highest BCUT2D eigenvalue weighted by Crippen LogP contribution is 2.28. The quantitative estimate of drug-likeness (QED) is 0.0670. The Bertz CT molecular complexity index is 1060. The second-order valence-electron chi connectivity index (χ2n) is 8.94. The summed E-state index contributed by atoms with van der Waals surface area (Å²) >= 11 is 3.52. The molecular weight excluding hydrogens is 557 g/mol. The summed E-state index contributed by atoms with van der Waals surface area (Å²) in [5, 5.41) is 6.02. The number of thioether (sulfide) groups is 2. The van der Waals surface area contributed by atoms with Crippen LogP contribution in [0.3, 0.4) is 0 Å². The van der Waals surface area contributed by atoms with E-state index in [4.69, 9.17) is 13.3 Å². The summed E-state index contributed by atoms with van der Waals surface area (Å²) in [4.78, 5) is 15.2. The Labute approximate surface area is 249 Å². The van der Waals surface area contributed by atoms with Gasteiger partial charge in [-0.3, -0.25) is 0 Å². The molecule has 3 aromatic rings. The summed E-state index contributed by atoms with van der Waals surface area (Å²) in [6.45, 7) is 8.16. The van der Waals surface area contributed by atoms with Gasteiger partial charge in [-0.2, -0.15) is 6.07 Å². The topological polar surface area (TPSA) is 68.8 Å². The minimum absolute atomic E-state index is 0.211. The molecule has 0 saturated carbocycles. The standard InChI is InChI=1S/C31H41N2O4S2Si/c1-4-35-40(36-5-2,37-6-3)20-14-13-19-32-31(34)33-28-22-26(24-38-29-15-9-7-10-16-29)21-27(23-28)25-39-30-17-11-8-12-18-30/h7-12,15-18,22-23H,4-6,13-14,19-20,24-25H2,1-3H3,(H2,32,33,34)/q-1. The summed E-state index contributed by atoms with van der Waals surface area (Å²) in [5.41, 5.74) is 2.89. The summed E-state index contributed by atoms with van der Waals surface area (Å²) in [7, 11) is -2.65. The van der Waals surface area contributed by atoms with Gasteiger partial charge in [-0.25, -0.2) is 4.79 Å². The number of benzene rings is 3. The van der Waals surface area contributed by atoms with E-state index in [1.807, 2.05) is 69.3 Å². The fourth-order valence-electron chi connectivity index (χ4n) is 4.12. The molecule has 2 amide bonds. The molecule has 0 unspecified atom stereocenters. The van der Waals surface area contributed by atoms with Gasteiger partial charge in [0.05, 0.1) is 0 Å². The number of urea groups is 1. The van der Waals surface area contributed by atoms with Gasteiger partial charge in [0.25, 0.3) is 0 Å². The third-order valence-electron chi connectivity index (χ3n) is 5.80. The van der Waals surface area contributed by atoms with Crippen LogP contribution in [0.2, 0.25) is 6.04 Å². The number of nitrogens with one attached hydrogen (secondary N) is 2. The van der Waals surface area contributed by atoms with E-state index in [9.17, 15) is 4.79 Å². The molecule has 0 radical (unpaired) electrons. The molecular formula is C31H41N2O4S2Si-. The number of carbonyl (C=O) groups is 1. The molecule has 6 nitrogen and oxygen atoms in total. The van der Waals surface area contributed by atoms with Crippen molar-refractivity contribution >= 4 is 44.0 Å². The first-order chi connectivity index (χ1) is 19.6. The fraction of sp³-hybridized carbons (Fsp3) is 0.387. The zero-order chi connectivity index (χ0) is 28.5. The van der Waals surface area contributed by atoms with Crippen LogP contribution in [-0.4, -0.2) is 41.2 Å². The summed E-state index contributed by atoms with van der Waals surface area (Å²) in [5.74, 6) is 1.55. The van der Waals surface area contributed by atoms with E-state index in [2.05, 4.69) is 41.0 Å². The number of amides is 2. The van der Waals surface area contributed by atoms with Crippen molar-refractivity contribution in [3.05, 3.63) is 90.0 Å². The molecule has 2 N–H and O–H groups in total. The molecule has 0 atom stereocenters. The molecule has 0 heterocycles.